The largest absolute Gasteiger partial charge is 0.390 e. The Balaban J connectivity index is 1.56. The minimum atomic E-state index is -0.524. The third-order valence-corrected chi connectivity index (χ3v) is 5.19. The summed E-state index contributed by atoms with van der Waals surface area (Å²) in [5.74, 6) is -0.335. The molecule has 2 aliphatic rings. The van der Waals surface area contributed by atoms with Gasteiger partial charge in [0.05, 0.1) is 12.1 Å². The monoisotopic (exact) mass is 345 g/mol. The lowest BCUT2D eigenvalue weighted by Crippen LogP contribution is -2.43. The molecule has 136 valence electrons. The van der Waals surface area contributed by atoms with E-state index >= 15 is 0 Å². The number of benzene rings is 1. The first kappa shape index (κ1) is 17.9. The topological polar surface area (TPSA) is 81.7 Å². The van der Waals surface area contributed by atoms with E-state index in [1.165, 1.54) is 39.0 Å². The smallest absolute Gasteiger partial charge is 0.251 e. The van der Waals surface area contributed by atoms with Crippen molar-refractivity contribution in [1.29, 1.82) is 0 Å². The highest BCUT2D eigenvalue weighted by molar-refractivity contribution is 5.95. The van der Waals surface area contributed by atoms with Crippen LogP contribution in [0.5, 0.6) is 0 Å². The van der Waals surface area contributed by atoms with Gasteiger partial charge >= 0.3 is 0 Å². The summed E-state index contributed by atoms with van der Waals surface area (Å²) >= 11 is 0. The molecular formula is C19H27N3O3. The van der Waals surface area contributed by atoms with Gasteiger partial charge in [-0.1, -0.05) is 19.3 Å². The molecule has 2 amide bonds. The Morgan fingerprint density at radius 2 is 1.76 bits per heavy atom. The van der Waals surface area contributed by atoms with E-state index in [1.807, 2.05) is 0 Å². The van der Waals surface area contributed by atoms with Gasteiger partial charge in [0.2, 0.25) is 5.91 Å². The maximum atomic E-state index is 12.4. The Morgan fingerprint density at radius 3 is 2.40 bits per heavy atom. The Bertz CT molecular complexity index is 611. The highest BCUT2D eigenvalue weighted by atomic mass is 16.3. The Labute approximate surface area is 148 Å². The minimum absolute atomic E-state index is 0.144. The van der Waals surface area contributed by atoms with Gasteiger partial charge in [0.1, 0.15) is 0 Å². The highest BCUT2D eigenvalue weighted by Crippen LogP contribution is 2.26. The van der Waals surface area contributed by atoms with Gasteiger partial charge in [-0.3, -0.25) is 14.5 Å². The Kier molecular flexibility index (Phi) is 5.71. The molecule has 0 radical (unpaired) electrons. The summed E-state index contributed by atoms with van der Waals surface area (Å²) in [4.78, 5) is 25.8. The van der Waals surface area contributed by atoms with Gasteiger partial charge < -0.3 is 15.7 Å². The first-order valence-corrected chi connectivity index (χ1v) is 9.13. The van der Waals surface area contributed by atoms with Crippen molar-refractivity contribution in [3.05, 3.63) is 29.8 Å². The van der Waals surface area contributed by atoms with E-state index in [0.29, 0.717) is 30.4 Å². The van der Waals surface area contributed by atoms with Crippen molar-refractivity contribution < 1.29 is 14.7 Å². The van der Waals surface area contributed by atoms with E-state index < -0.39 is 6.10 Å². The molecule has 25 heavy (non-hydrogen) atoms. The van der Waals surface area contributed by atoms with Gasteiger partial charge in [-0.05, 0) is 37.1 Å². The van der Waals surface area contributed by atoms with E-state index in [0.717, 1.165) is 0 Å². The number of aliphatic hydroxyl groups excluding tert-OH is 1. The lowest BCUT2D eigenvalue weighted by atomic mass is 9.94. The summed E-state index contributed by atoms with van der Waals surface area (Å²) in [7, 11) is 0. The number of β-amino-alcohol motifs (C(OH)–C–C–N with tert-alkyl or cyclic N) is 1. The normalized spacial score (nSPS) is 24.9. The van der Waals surface area contributed by atoms with Crippen LogP contribution in [-0.4, -0.2) is 53.1 Å². The van der Waals surface area contributed by atoms with Gasteiger partial charge in [-0.15, -0.1) is 0 Å². The van der Waals surface area contributed by atoms with Crippen LogP contribution in [0.4, 0.5) is 5.69 Å². The first-order valence-electron chi connectivity index (χ1n) is 9.13. The second kappa shape index (κ2) is 7.97. The SMILES string of the molecule is CC(=O)Nc1ccc(C(=O)N[C@H]2CN(C3CCCCC3)C[C@H]2O)cc1. The zero-order valence-corrected chi connectivity index (χ0v) is 14.7. The molecular weight excluding hydrogens is 318 g/mol. The lowest BCUT2D eigenvalue weighted by molar-refractivity contribution is -0.114. The van der Waals surface area contributed by atoms with Crippen molar-refractivity contribution >= 4 is 17.5 Å². The molecule has 1 aliphatic carbocycles. The maximum Gasteiger partial charge on any atom is 0.251 e. The van der Waals surface area contributed by atoms with E-state index in [2.05, 4.69) is 15.5 Å². The van der Waals surface area contributed by atoms with E-state index in [4.69, 9.17) is 0 Å². The number of anilines is 1. The van der Waals surface area contributed by atoms with Crippen LogP contribution in [0.25, 0.3) is 0 Å². The quantitative estimate of drug-likeness (QED) is 0.777. The predicted octanol–water partition coefficient (Wildman–Crippen LogP) is 1.75. The number of rotatable bonds is 4. The molecule has 6 heteroatoms. The molecule has 0 unspecified atom stereocenters. The molecule has 3 rings (SSSR count). The number of carbonyl (C=O) groups excluding carboxylic acids is 2. The molecule has 1 aromatic carbocycles. The van der Waals surface area contributed by atoms with Crippen molar-refractivity contribution in [1.82, 2.24) is 10.2 Å². The Hall–Kier alpha value is -1.92. The molecule has 0 aromatic heterocycles. The van der Waals surface area contributed by atoms with Crippen molar-refractivity contribution in [3.63, 3.8) is 0 Å². The van der Waals surface area contributed by atoms with Crippen LogP contribution >= 0.6 is 0 Å². The number of nitrogens with zero attached hydrogens (tertiary/aromatic N) is 1. The van der Waals surface area contributed by atoms with Gasteiger partial charge in [0, 0.05) is 37.3 Å². The zero-order chi connectivity index (χ0) is 17.8. The van der Waals surface area contributed by atoms with Gasteiger partial charge in [-0.25, -0.2) is 0 Å². The Morgan fingerprint density at radius 1 is 1.08 bits per heavy atom. The summed E-state index contributed by atoms with van der Waals surface area (Å²) in [5, 5.41) is 16.0. The molecule has 2 atom stereocenters. The zero-order valence-electron chi connectivity index (χ0n) is 14.7. The van der Waals surface area contributed by atoms with Crippen LogP contribution in [-0.2, 0) is 4.79 Å². The number of nitrogens with one attached hydrogen (secondary N) is 2. The highest BCUT2D eigenvalue weighted by Gasteiger charge is 2.36. The lowest BCUT2D eigenvalue weighted by Gasteiger charge is -2.30. The fourth-order valence-electron chi connectivity index (χ4n) is 3.86. The second-order valence-corrected chi connectivity index (χ2v) is 7.15. The summed E-state index contributed by atoms with van der Waals surface area (Å²) in [5.41, 5.74) is 1.19. The molecule has 1 aliphatic heterocycles. The molecule has 6 nitrogen and oxygen atoms in total. The summed E-state index contributed by atoms with van der Waals surface area (Å²) in [6.07, 6.45) is 5.69. The van der Waals surface area contributed by atoms with Crippen LogP contribution < -0.4 is 10.6 Å². The van der Waals surface area contributed by atoms with Crippen LogP contribution in [0, 0.1) is 0 Å². The van der Waals surface area contributed by atoms with Crippen LogP contribution in [0.15, 0.2) is 24.3 Å². The van der Waals surface area contributed by atoms with E-state index in [1.54, 1.807) is 24.3 Å². The minimum Gasteiger partial charge on any atom is -0.390 e. The maximum absolute atomic E-state index is 12.4. The van der Waals surface area contributed by atoms with E-state index in [-0.39, 0.29) is 17.9 Å². The molecule has 2 fully saturated rings. The number of hydrogen-bond acceptors (Lipinski definition) is 4. The average molecular weight is 345 g/mol. The molecule has 0 bridgehead atoms. The molecule has 1 saturated heterocycles. The van der Waals surface area contributed by atoms with Crippen molar-refractivity contribution in [2.24, 2.45) is 0 Å². The standard InChI is InChI=1S/C19H27N3O3/c1-13(23)20-15-9-7-14(8-10-15)19(25)21-17-11-22(12-18(17)24)16-5-3-2-4-6-16/h7-10,16-18,24H,2-6,11-12H2,1H3,(H,20,23)(H,21,25)/t17-,18+/m0/s1. The van der Waals surface area contributed by atoms with Gasteiger partial charge in [0.15, 0.2) is 0 Å². The van der Waals surface area contributed by atoms with E-state index in [9.17, 15) is 14.7 Å². The summed E-state index contributed by atoms with van der Waals surface area (Å²) in [6, 6.07) is 7.08. The van der Waals surface area contributed by atoms with Crippen molar-refractivity contribution in [2.45, 2.75) is 57.2 Å². The number of likely N-dealkylation sites (tertiary alicyclic amines) is 1. The number of carbonyl (C=O) groups is 2. The van der Waals surface area contributed by atoms with Crippen molar-refractivity contribution in [2.75, 3.05) is 18.4 Å². The molecule has 1 aromatic rings. The van der Waals surface area contributed by atoms with Gasteiger partial charge in [-0.2, -0.15) is 0 Å². The summed E-state index contributed by atoms with van der Waals surface area (Å²) in [6.45, 7) is 2.79. The predicted molar refractivity (Wildman–Crippen MR) is 96.5 cm³/mol. The molecule has 1 saturated carbocycles. The molecule has 0 spiro atoms. The third kappa shape index (κ3) is 4.58. The summed E-state index contributed by atoms with van der Waals surface area (Å²) < 4.78 is 0. The molecule has 1 heterocycles. The van der Waals surface area contributed by atoms with Gasteiger partial charge in [0.25, 0.3) is 5.91 Å². The number of aliphatic hydroxyl groups is 1. The fourth-order valence-corrected chi connectivity index (χ4v) is 3.86. The fraction of sp³-hybridized carbons (Fsp3) is 0.579. The number of amides is 2. The first-order chi connectivity index (χ1) is 12.0. The molecule has 3 N–H and O–H groups in total. The van der Waals surface area contributed by atoms with Crippen LogP contribution in [0.3, 0.4) is 0 Å². The average Bonchev–Trinajstić information content (AvgIpc) is 2.96. The van der Waals surface area contributed by atoms with Crippen LogP contribution in [0.1, 0.15) is 49.4 Å². The van der Waals surface area contributed by atoms with Crippen molar-refractivity contribution in [3.8, 4) is 0 Å². The third-order valence-electron chi connectivity index (χ3n) is 5.19. The second-order valence-electron chi connectivity index (χ2n) is 7.15. The van der Waals surface area contributed by atoms with Crippen LogP contribution in [0.2, 0.25) is 0 Å². The number of hydrogen-bond donors (Lipinski definition) is 3.